The van der Waals surface area contributed by atoms with E-state index in [1.807, 2.05) is 14.0 Å². The van der Waals surface area contributed by atoms with Crippen LogP contribution < -0.4 is 0 Å². The molecule has 0 spiro atoms. The van der Waals surface area contributed by atoms with Crippen LogP contribution in [0, 0.1) is 11.8 Å². The van der Waals surface area contributed by atoms with E-state index in [1.165, 1.54) is 0 Å². The van der Waals surface area contributed by atoms with Gasteiger partial charge in [-0.15, -0.1) is 0 Å². The van der Waals surface area contributed by atoms with E-state index in [2.05, 4.69) is 18.9 Å². The molecule has 1 atom stereocenters. The first-order valence-corrected chi connectivity index (χ1v) is 4.55. The van der Waals surface area contributed by atoms with Crippen LogP contribution in [0.5, 0.6) is 0 Å². The molecule has 0 aromatic carbocycles. The Hall–Kier alpha value is -1.12. The Labute approximate surface area is 78.8 Å². The fourth-order valence-corrected chi connectivity index (χ4v) is 1.11. The largest absolute Gasteiger partial charge is 0.294 e. The smallest absolute Gasteiger partial charge is 0.169 e. The van der Waals surface area contributed by atoms with Crippen LogP contribution in [0.25, 0.3) is 0 Å². The number of aromatic nitrogens is 2. The first kappa shape index (κ1) is 9.96. The van der Waals surface area contributed by atoms with E-state index in [1.54, 1.807) is 17.1 Å². The highest BCUT2D eigenvalue weighted by Crippen LogP contribution is 2.15. The van der Waals surface area contributed by atoms with E-state index >= 15 is 0 Å². The molecule has 0 amide bonds. The fourth-order valence-electron chi connectivity index (χ4n) is 1.11. The van der Waals surface area contributed by atoms with Gasteiger partial charge in [0.2, 0.25) is 0 Å². The van der Waals surface area contributed by atoms with Gasteiger partial charge in [0.05, 0.1) is 11.8 Å². The van der Waals surface area contributed by atoms with Crippen LogP contribution in [0.2, 0.25) is 0 Å². The van der Waals surface area contributed by atoms with Crippen LogP contribution in [-0.4, -0.2) is 15.6 Å². The van der Waals surface area contributed by atoms with Crippen LogP contribution in [0.4, 0.5) is 0 Å². The summed E-state index contributed by atoms with van der Waals surface area (Å²) in [4.78, 5) is 11.7. The molecular weight excluding hydrogens is 164 g/mol. The number of hydrogen-bond donors (Lipinski definition) is 0. The molecule has 0 saturated heterocycles. The van der Waals surface area contributed by atoms with Crippen LogP contribution in [-0.2, 0) is 7.05 Å². The first-order valence-electron chi connectivity index (χ1n) is 4.55. The van der Waals surface area contributed by atoms with E-state index in [4.69, 9.17) is 0 Å². The maximum Gasteiger partial charge on any atom is 0.169 e. The number of aryl methyl sites for hydroxylation is 1. The predicted octanol–water partition coefficient (Wildman–Crippen LogP) is 1.89. The summed E-state index contributed by atoms with van der Waals surface area (Å²) in [5.74, 6) is 0.639. The maximum atomic E-state index is 11.7. The number of carbonyl (C=O) groups excluding carboxylic acids is 1. The van der Waals surface area contributed by atoms with Gasteiger partial charge in [0.1, 0.15) is 0 Å². The van der Waals surface area contributed by atoms with Crippen LogP contribution >= 0.6 is 0 Å². The number of Topliss-reactive ketones (excluding diaryl/α,β-unsaturated/α-hetero) is 1. The zero-order valence-corrected chi connectivity index (χ0v) is 8.61. The van der Waals surface area contributed by atoms with Gasteiger partial charge in [-0.2, -0.15) is 5.10 Å². The fraction of sp³-hybridized carbons (Fsp3) is 0.600. The molecular formula is C10H16N2O. The third-order valence-corrected chi connectivity index (χ3v) is 2.40. The van der Waals surface area contributed by atoms with Gasteiger partial charge in [0, 0.05) is 19.2 Å². The minimum absolute atomic E-state index is 0.0733. The van der Waals surface area contributed by atoms with Gasteiger partial charge in [0.15, 0.2) is 5.78 Å². The third-order valence-electron chi connectivity index (χ3n) is 2.40. The molecule has 1 aromatic heterocycles. The Morgan fingerprint density at radius 1 is 1.46 bits per heavy atom. The summed E-state index contributed by atoms with van der Waals surface area (Å²) in [5.41, 5.74) is 0.712. The lowest BCUT2D eigenvalue weighted by Crippen LogP contribution is -2.16. The highest BCUT2D eigenvalue weighted by molar-refractivity contribution is 5.97. The lowest BCUT2D eigenvalue weighted by molar-refractivity contribution is 0.0899. The van der Waals surface area contributed by atoms with Crippen molar-refractivity contribution in [2.45, 2.75) is 20.8 Å². The van der Waals surface area contributed by atoms with Gasteiger partial charge < -0.3 is 0 Å². The summed E-state index contributed by atoms with van der Waals surface area (Å²) in [7, 11) is 1.82. The third kappa shape index (κ3) is 2.17. The molecule has 3 nitrogen and oxygen atoms in total. The van der Waals surface area contributed by atoms with Gasteiger partial charge in [-0.25, -0.2) is 0 Å². The molecule has 1 aromatic rings. The van der Waals surface area contributed by atoms with Crippen molar-refractivity contribution in [2.75, 3.05) is 0 Å². The molecule has 0 fully saturated rings. The first-order chi connectivity index (χ1) is 6.02. The molecule has 0 aliphatic carbocycles. The van der Waals surface area contributed by atoms with Crippen molar-refractivity contribution in [3.8, 4) is 0 Å². The van der Waals surface area contributed by atoms with Crippen molar-refractivity contribution in [1.29, 1.82) is 0 Å². The Bertz CT molecular complexity index is 302. The molecule has 1 heterocycles. The molecule has 3 heteroatoms. The van der Waals surface area contributed by atoms with Crippen molar-refractivity contribution in [1.82, 2.24) is 9.78 Å². The SMILES string of the molecule is CC(C)C(C)C(=O)c1cnn(C)c1. The molecule has 0 N–H and O–H groups in total. The molecule has 1 unspecified atom stereocenters. The molecule has 0 aliphatic rings. The minimum atomic E-state index is 0.0733. The van der Waals surface area contributed by atoms with E-state index in [-0.39, 0.29) is 11.7 Å². The Morgan fingerprint density at radius 2 is 2.08 bits per heavy atom. The summed E-state index contributed by atoms with van der Waals surface area (Å²) >= 11 is 0. The van der Waals surface area contributed by atoms with Crippen molar-refractivity contribution >= 4 is 5.78 Å². The van der Waals surface area contributed by atoms with Gasteiger partial charge in [-0.1, -0.05) is 20.8 Å². The molecule has 0 saturated carbocycles. The number of nitrogens with zero attached hydrogens (tertiary/aromatic N) is 2. The summed E-state index contributed by atoms with van der Waals surface area (Å²) in [5, 5.41) is 3.98. The number of ketones is 1. The molecule has 13 heavy (non-hydrogen) atoms. The summed E-state index contributed by atoms with van der Waals surface area (Å²) in [6, 6.07) is 0. The van der Waals surface area contributed by atoms with Crippen LogP contribution in [0.15, 0.2) is 12.4 Å². The normalized spacial score (nSPS) is 13.3. The van der Waals surface area contributed by atoms with Gasteiger partial charge in [0.25, 0.3) is 0 Å². The monoisotopic (exact) mass is 180 g/mol. The predicted molar refractivity (Wildman–Crippen MR) is 51.5 cm³/mol. The molecule has 0 aliphatic heterocycles. The van der Waals surface area contributed by atoms with Crippen molar-refractivity contribution in [3.63, 3.8) is 0 Å². The quantitative estimate of drug-likeness (QED) is 0.666. The van der Waals surface area contributed by atoms with E-state index < -0.39 is 0 Å². The van der Waals surface area contributed by atoms with Crippen LogP contribution in [0.3, 0.4) is 0 Å². The van der Waals surface area contributed by atoms with E-state index in [9.17, 15) is 4.79 Å². The average molecular weight is 180 g/mol. The highest BCUT2D eigenvalue weighted by atomic mass is 16.1. The number of carbonyl (C=O) groups is 1. The molecule has 1 rings (SSSR count). The van der Waals surface area contributed by atoms with Crippen LogP contribution in [0.1, 0.15) is 31.1 Å². The lowest BCUT2D eigenvalue weighted by atomic mass is 9.91. The summed E-state index contributed by atoms with van der Waals surface area (Å²) in [6.07, 6.45) is 3.39. The van der Waals surface area contributed by atoms with Gasteiger partial charge >= 0.3 is 0 Å². The lowest BCUT2D eigenvalue weighted by Gasteiger charge is -2.12. The summed E-state index contributed by atoms with van der Waals surface area (Å²) < 4.78 is 1.65. The highest BCUT2D eigenvalue weighted by Gasteiger charge is 2.19. The second-order valence-electron chi connectivity index (χ2n) is 3.80. The molecule has 0 radical (unpaired) electrons. The standard InChI is InChI=1S/C10H16N2O/c1-7(2)8(3)10(13)9-5-11-12(4)6-9/h5-8H,1-4H3. The second kappa shape index (κ2) is 3.73. The van der Waals surface area contributed by atoms with E-state index in [0.717, 1.165) is 0 Å². The Balaban J connectivity index is 2.79. The van der Waals surface area contributed by atoms with Gasteiger partial charge in [-0.3, -0.25) is 9.48 Å². The number of rotatable bonds is 3. The van der Waals surface area contributed by atoms with Crippen molar-refractivity contribution in [3.05, 3.63) is 18.0 Å². The zero-order chi connectivity index (χ0) is 10.0. The zero-order valence-electron chi connectivity index (χ0n) is 8.61. The Kier molecular flexibility index (Phi) is 2.86. The van der Waals surface area contributed by atoms with Crippen molar-refractivity contribution in [2.24, 2.45) is 18.9 Å². The average Bonchev–Trinajstić information content (AvgIpc) is 2.49. The molecule has 72 valence electrons. The Morgan fingerprint density at radius 3 is 2.46 bits per heavy atom. The topological polar surface area (TPSA) is 34.9 Å². The van der Waals surface area contributed by atoms with Gasteiger partial charge in [-0.05, 0) is 5.92 Å². The second-order valence-corrected chi connectivity index (χ2v) is 3.80. The molecule has 0 bridgehead atoms. The van der Waals surface area contributed by atoms with Crippen molar-refractivity contribution < 1.29 is 4.79 Å². The maximum absolute atomic E-state index is 11.7. The van der Waals surface area contributed by atoms with E-state index in [0.29, 0.717) is 11.5 Å². The number of hydrogen-bond acceptors (Lipinski definition) is 2. The summed E-state index contributed by atoms with van der Waals surface area (Å²) in [6.45, 7) is 6.07. The minimum Gasteiger partial charge on any atom is -0.294 e.